The lowest BCUT2D eigenvalue weighted by molar-refractivity contribution is -0.115. The van der Waals surface area contributed by atoms with E-state index in [4.69, 9.17) is 0 Å². The summed E-state index contributed by atoms with van der Waals surface area (Å²) in [5.74, 6) is -0.377. The van der Waals surface area contributed by atoms with Crippen molar-refractivity contribution in [2.24, 2.45) is 0 Å². The Bertz CT molecular complexity index is 857. The molecule has 132 valence electrons. The van der Waals surface area contributed by atoms with Crippen molar-refractivity contribution in [2.75, 3.05) is 18.1 Å². The van der Waals surface area contributed by atoms with Crippen LogP contribution < -0.4 is 10.6 Å². The van der Waals surface area contributed by atoms with Gasteiger partial charge >= 0.3 is 0 Å². The number of nitrogens with one attached hydrogen (secondary N) is 2. The molecule has 0 bridgehead atoms. The largest absolute Gasteiger partial charge is 0.355 e. The summed E-state index contributed by atoms with van der Waals surface area (Å²) in [5, 5.41) is 5.27. The van der Waals surface area contributed by atoms with E-state index in [2.05, 4.69) is 10.6 Å². The SMILES string of the molecule is CCS(=O)(=O)c1ccc(CC(=O)Nc2ccc(C(=O)NC)cc2)cc1. The topological polar surface area (TPSA) is 92.3 Å². The summed E-state index contributed by atoms with van der Waals surface area (Å²) in [6.07, 6.45) is 0.129. The fourth-order valence-electron chi connectivity index (χ4n) is 2.22. The van der Waals surface area contributed by atoms with Crippen LogP contribution in [0, 0.1) is 0 Å². The third-order valence-electron chi connectivity index (χ3n) is 3.69. The van der Waals surface area contributed by atoms with Crippen molar-refractivity contribution in [3.05, 3.63) is 59.7 Å². The first-order valence-electron chi connectivity index (χ1n) is 7.79. The van der Waals surface area contributed by atoms with Gasteiger partial charge in [-0.1, -0.05) is 19.1 Å². The Hall–Kier alpha value is -2.67. The minimum atomic E-state index is -3.24. The first kappa shape index (κ1) is 18.7. The molecule has 2 rings (SSSR count). The zero-order chi connectivity index (χ0) is 18.4. The molecule has 0 radical (unpaired) electrons. The zero-order valence-electron chi connectivity index (χ0n) is 14.1. The number of sulfone groups is 1. The summed E-state index contributed by atoms with van der Waals surface area (Å²) in [5.41, 5.74) is 1.81. The van der Waals surface area contributed by atoms with Crippen LogP contribution in [0.1, 0.15) is 22.8 Å². The van der Waals surface area contributed by atoms with Crippen molar-refractivity contribution in [1.82, 2.24) is 5.32 Å². The molecule has 0 heterocycles. The Morgan fingerprint density at radius 3 is 2.08 bits per heavy atom. The number of rotatable bonds is 6. The van der Waals surface area contributed by atoms with Gasteiger partial charge in [-0.2, -0.15) is 0 Å². The molecule has 0 fully saturated rings. The minimum Gasteiger partial charge on any atom is -0.355 e. The molecule has 6 nitrogen and oxygen atoms in total. The predicted molar refractivity (Wildman–Crippen MR) is 96.3 cm³/mol. The second-order valence-electron chi connectivity index (χ2n) is 5.43. The van der Waals surface area contributed by atoms with Crippen molar-refractivity contribution >= 4 is 27.3 Å². The maximum atomic E-state index is 12.1. The molecule has 25 heavy (non-hydrogen) atoms. The molecule has 0 unspecified atom stereocenters. The van der Waals surface area contributed by atoms with Crippen molar-refractivity contribution in [2.45, 2.75) is 18.2 Å². The van der Waals surface area contributed by atoms with Gasteiger partial charge in [0.1, 0.15) is 0 Å². The Balaban J connectivity index is 1.99. The average Bonchev–Trinajstić information content (AvgIpc) is 2.62. The second-order valence-corrected chi connectivity index (χ2v) is 7.71. The molecule has 2 aromatic carbocycles. The average molecular weight is 360 g/mol. The molecule has 0 aliphatic rings. The van der Waals surface area contributed by atoms with Crippen LogP contribution in [0.25, 0.3) is 0 Å². The van der Waals surface area contributed by atoms with E-state index in [-0.39, 0.29) is 28.9 Å². The highest BCUT2D eigenvalue weighted by Crippen LogP contribution is 2.14. The van der Waals surface area contributed by atoms with Gasteiger partial charge < -0.3 is 10.6 Å². The van der Waals surface area contributed by atoms with Gasteiger partial charge in [0, 0.05) is 18.3 Å². The van der Waals surface area contributed by atoms with E-state index in [1.165, 1.54) is 12.1 Å². The van der Waals surface area contributed by atoms with Crippen LogP contribution in [-0.4, -0.2) is 33.0 Å². The van der Waals surface area contributed by atoms with E-state index >= 15 is 0 Å². The number of benzene rings is 2. The molecular weight excluding hydrogens is 340 g/mol. The van der Waals surface area contributed by atoms with E-state index < -0.39 is 9.84 Å². The highest BCUT2D eigenvalue weighted by atomic mass is 32.2. The fourth-order valence-corrected chi connectivity index (χ4v) is 3.11. The first-order chi connectivity index (χ1) is 11.9. The molecule has 0 aliphatic heterocycles. The lowest BCUT2D eigenvalue weighted by atomic mass is 10.1. The third kappa shape index (κ3) is 4.90. The van der Waals surface area contributed by atoms with Crippen molar-refractivity contribution in [1.29, 1.82) is 0 Å². The monoisotopic (exact) mass is 360 g/mol. The molecule has 7 heteroatoms. The highest BCUT2D eigenvalue weighted by molar-refractivity contribution is 7.91. The van der Waals surface area contributed by atoms with E-state index in [9.17, 15) is 18.0 Å². The van der Waals surface area contributed by atoms with Crippen LogP contribution in [-0.2, 0) is 21.1 Å². The zero-order valence-corrected chi connectivity index (χ0v) is 14.9. The molecule has 0 spiro atoms. The van der Waals surface area contributed by atoms with E-state index in [0.717, 1.165) is 5.56 Å². The molecule has 2 aromatic rings. The van der Waals surface area contributed by atoms with Crippen LogP contribution in [0.4, 0.5) is 5.69 Å². The van der Waals surface area contributed by atoms with Gasteiger partial charge in [0.05, 0.1) is 17.1 Å². The lowest BCUT2D eigenvalue weighted by Crippen LogP contribution is -2.18. The molecule has 2 N–H and O–H groups in total. The Kier molecular flexibility index (Phi) is 5.93. The molecule has 0 saturated heterocycles. The summed E-state index contributed by atoms with van der Waals surface area (Å²) in [4.78, 5) is 23.8. The van der Waals surface area contributed by atoms with Crippen LogP contribution in [0.15, 0.2) is 53.4 Å². The first-order valence-corrected chi connectivity index (χ1v) is 9.44. The van der Waals surface area contributed by atoms with Gasteiger partial charge in [-0.05, 0) is 42.0 Å². The molecule has 0 atom stereocenters. The molecular formula is C18H20N2O4S. The number of amides is 2. The number of anilines is 1. The summed E-state index contributed by atoms with van der Waals surface area (Å²) in [7, 11) is -1.69. The highest BCUT2D eigenvalue weighted by Gasteiger charge is 2.12. The fraction of sp³-hybridized carbons (Fsp3) is 0.222. The van der Waals surface area contributed by atoms with Gasteiger partial charge in [-0.3, -0.25) is 9.59 Å². The smallest absolute Gasteiger partial charge is 0.251 e. The Morgan fingerprint density at radius 1 is 0.960 bits per heavy atom. The number of carbonyl (C=O) groups is 2. The number of hydrogen-bond donors (Lipinski definition) is 2. The van der Waals surface area contributed by atoms with E-state index in [0.29, 0.717) is 11.3 Å². The van der Waals surface area contributed by atoms with Crippen molar-refractivity contribution in [3.63, 3.8) is 0 Å². The van der Waals surface area contributed by atoms with Crippen molar-refractivity contribution in [3.8, 4) is 0 Å². The standard InChI is InChI=1S/C18H20N2O4S/c1-3-25(23,24)16-10-4-13(5-11-16)12-17(21)20-15-8-6-14(7-9-15)18(22)19-2/h4-11H,3,12H2,1-2H3,(H,19,22)(H,20,21). The normalized spacial score (nSPS) is 11.0. The maximum absolute atomic E-state index is 12.1. The van der Waals surface area contributed by atoms with Gasteiger partial charge in [-0.25, -0.2) is 8.42 Å². The van der Waals surface area contributed by atoms with Crippen molar-refractivity contribution < 1.29 is 18.0 Å². The third-order valence-corrected chi connectivity index (χ3v) is 5.44. The molecule has 0 saturated carbocycles. The summed E-state index contributed by atoms with van der Waals surface area (Å²) >= 11 is 0. The quantitative estimate of drug-likeness (QED) is 0.824. The van der Waals surface area contributed by atoms with Crippen LogP contribution in [0.3, 0.4) is 0 Å². The summed E-state index contributed by atoms with van der Waals surface area (Å²) in [6.45, 7) is 1.59. The molecule has 0 aliphatic carbocycles. The summed E-state index contributed by atoms with van der Waals surface area (Å²) < 4.78 is 23.5. The molecule has 2 amide bonds. The van der Waals surface area contributed by atoms with Gasteiger partial charge in [0.2, 0.25) is 5.91 Å². The number of carbonyl (C=O) groups excluding carboxylic acids is 2. The Labute approximate surface area is 147 Å². The van der Waals surface area contributed by atoms with Gasteiger partial charge in [-0.15, -0.1) is 0 Å². The van der Waals surface area contributed by atoms with Crippen LogP contribution in [0.2, 0.25) is 0 Å². The Morgan fingerprint density at radius 2 is 1.56 bits per heavy atom. The maximum Gasteiger partial charge on any atom is 0.251 e. The van der Waals surface area contributed by atoms with Gasteiger partial charge in [0.15, 0.2) is 9.84 Å². The molecule has 0 aromatic heterocycles. The second kappa shape index (κ2) is 7.94. The van der Waals surface area contributed by atoms with E-state index in [1.807, 2.05) is 0 Å². The number of hydrogen-bond acceptors (Lipinski definition) is 4. The minimum absolute atomic E-state index is 0.0406. The predicted octanol–water partition coefficient (Wildman–Crippen LogP) is 2.02. The van der Waals surface area contributed by atoms with Crippen LogP contribution in [0.5, 0.6) is 0 Å². The van der Waals surface area contributed by atoms with Gasteiger partial charge in [0.25, 0.3) is 5.91 Å². The lowest BCUT2D eigenvalue weighted by Gasteiger charge is -2.07. The van der Waals surface area contributed by atoms with Crippen LogP contribution >= 0.6 is 0 Å². The summed E-state index contributed by atoms with van der Waals surface area (Å²) in [6, 6.07) is 12.9. The van der Waals surface area contributed by atoms with E-state index in [1.54, 1.807) is 50.4 Å².